The number of hydrogen-bond acceptors (Lipinski definition) is 6. The molecule has 0 aliphatic carbocycles. The molecule has 0 unspecified atom stereocenters. The number of halogens is 3. The summed E-state index contributed by atoms with van der Waals surface area (Å²) >= 11 is 0. The van der Waals surface area contributed by atoms with Crippen LogP contribution in [0.4, 0.5) is 24.7 Å². The molecule has 2 heterocycles. The highest BCUT2D eigenvalue weighted by Gasteiger charge is 2.33. The van der Waals surface area contributed by atoms with E-state index in [1.54, 1.807) is 24.3 Å². The van der Waals surface area contributed by atoms with Gasteiger partial charge in [-0.1, -0.05) is 12.1 Å². The van der Waals surface area contributed by atoms with Gasteiger partial charge in [-0.2, -0.15) is 13.2 Å². The van der Waals surface area contributed by atoms with Crippen LogP contribution in [0.3, 0.4) is 0 Å². The van der Waals surface area contributed by atoms with Crippen molar-refractivity contribution in [3.8, 4) is 11.4 Å². The van der Waals surface area contributed by atoms with Crippen LogP contribution in [0.5, 0.6) is 0 Å². The van der Waals surface area contributed by atoms with Crippen molar-refractivity contribution in [1.29, 1.82) is 0 Å². The number of pyridine rings is 1. The molecule has 2 aromatic heterocycles. The summed E-state index contributed by atoms with van der Waals surface area (Å²) in [5, 5.41) is 2.80. The predicted octanol–water partition coefficient (Wildman–Crippen LogP) is 3.85. The minimum Gasteiger partial charge on any atom is -0.340 e. The van der Waals surface area contributed by atoms with Crippen molar-refractivity contribution >= 4 is 21.3 Å². The lowest BCUT2D eigenvalue weighted by atomic mass is 10.2. The molecular weight excluding hydrogens is 393 g/mol. The zero-order chi connectivity index (χ0) is 20.4. The van der Waals surface area contributed by atoms with Gasteiger partial charge in [0.15, 0.2) is 21.4 Å². The van der Waals surface area contributed by atoms with Crippen molar-refractivity contribution in [2.75, 3.05) is 11.6 Å². The third-order valence-electron chi connectivity index (χ3n) is 3.61. The molecule has 0 atom stereocenters. The fourth-order valence-corrected chi connectivity index (χ4v) is 3.22. The molecule has 0 aliphatic heterocycles. The van der Waals surface area contributed by atoms with E-state index < -0.39 is 21.7 Å². The molecule has 0 saturated heterocycles. The van der Waals surface area contributed by atoms with E-state index >= 15 is 0 Å². The maximum absolute atomic E-state index is 13.2. The molecule has 1 aromatic carbocycles. The molecule has 0 amide bonds. The van der Waals surface area contributed by atoms with E-state index in [9.17, 15) is 21.6 Å². The summed E-state index contributed by atoms with van der Waals surface area (Å²) in [5.41, 5.74) is 0.354. The summed E-state index contributed by atoms with van der Waals surface area (Å²) in [6.45, 7) is 0. The lowest BCUT2D eigenvalue weighted by molar-refractivity contribution is -0.141. The monoisotopic (exact) mass is 408 g/mol. The second kappa shape index (κ2) is 7.55. The number of anilines is 2. The second-order valence-electron chi connectivity index (χ2n) is 6.09. The molecule has 146 valence electrons. The topological polar surface area (TPSA) is 84.8 Å². The summed E-state index contributed by atoms with van der Waals surface area (Å²) in [5.74, 6) is -0.246. The van der Waals surface area contributed by atoms with E-state index in [2.05, 4.69) is 20.3 Å². The number of nitrogens with zero attached hydrogens (tertiary/aromatic N) is 3. The number of benzene rings is 1. The molecular formula is C18H15F3N4O2S. The van der Waals surface area contributed by atoms with Crippen molar-refractivity contribution < 1.29 is 21.6 Å². The first-order valence-electron chi connectivity index (χ1n) is 8.00. The third-order valence-corrected chi connectivity index (χ3v) is 4.47. The number of rotatable bonds is 5. The molecule has 0 saturated carbocycles. The van der Waals surface area contributed by atoms with Crippen molar-refractivity contribution in [3.63, 3.8) is 0 Å². The van der Waals surface area contributed by atoms with Gasteiger partial charge in [-0.15, -0.1) is 0 Å². The van der Waals surface area contributed by atoms with Crippen LogP contribution in [0.2, 0.25) is 0 Å². The molecule has 0 bridgehead atoms. The molecule has 1 N–H and O–H groups in total. The zero-order valence-corrected chi connectivity index (χ0v) is 15.4. The first kappa shape index (κ1) is 19.7. The van der Waals surface area contributed by atoms with Crippen LogP contribution in [0.25, 0.3) is 11.4 Å². The molecule has 10 heteroatoms. The lowest BCUT2D eigenvalue weighted by Crippen LogP contribution is -2.11. The first-order chi connectivity index (χ1) is 13.1. The molecule has 0 spiro atoms. The molecule has 6 nitrogen and oxygen atoms in total. The predicted molar refractivity (Wildman–Crippen MR) is 98.5 cm³/mol. The maximum Gasteiger partial charge on any atom is 0.433 e. The van der Waals surface area contributed by atoms with Gasteiger partial charge in [0, 0.05) is 36.0 Å². The Kier molecular flexibility index (Phi) is 5.32. The van der Waals surface area contributed by atoms with E-state index in [0.29, 0.717) is 16.8 Å². The number of aromatic nitrogens is 3. The fraction of sp³-hybridized carbons (Fsp3) is 0.167. The molecule has 28 heavy (non-hydrogen) atoms. The third kappa shape index (κ3) is 5.26. The van der Waals surface area contributed by atoms with E-state index in [4.69, 9.17) is 0 Å². The second-order valence-corrected chi connectivity index (χ2v) is 8.23. The van der Waals surface area contributed by atoms with Gasteiger partial charge in [0.05, 0.1) is 5.75 Å². The number of sulfone groups is 1. The summed E-state index contributed by atoms with van der Waals surface area (Å²) in [6, 6.07) is 10.1. The number of hydrogen-bond donors (Lipinski definition) is 1. The van der Waals surface area contributed by atoms with Crippen LogP contribution in [0.1, 0.15) is 11.3 Å². The van der Waals surface area contributed by atoms with Gasteiger partial charge in [-0.25, -0.2) is 18.4 Å². The van der Waals surface area contributed by atoms with E-state index in [-0.39, 0.29) is 17.4 Å². The van der Waals surface area contributed by atoms with Crippen LogP contribution >= 0.6 is 0 Å². The Hall–Kier alpha value is -3.01. The fourth-order valence-electron chi connectivity index (χ4n) is 2.42. The van der Waals surface area contributed by atoms with Gasteiger partial charge < -0.3 is 5.32 Å². The Bertz CT molecular complexity index is 1070. The average molecular weight is 408 g/mol. The summed E-state index contributed by atoms with van der Waals surface area (Å²) in [4.78, 5) is 11.6. The summed E-state index contributed by atoms with van der Waals surface area (Å²) in [6.07, 6.45) is -0.640. The quantitative estimate of drug-likeness (QED) is 0.690. The minimum absolute atomic E-state index is 0.0370. The highest BCUT2D eigenvalue weighted by Crippen LogP contribution is 2.31. The standard InChI is InChI=1S/C18H15F3N4O2S/c1-28(26,27)11-12-2-4-14(5-3-12)23-16-10-15(18(19,20)21)24-17(25-16)13-6-8-22-9-7-13/h2-10H,11H2,1H3,(H,23,24,25). The molecule has 0 radical (unpaired) electrons. The Morgan fingerprint density at radius 1 is 1.00 bits per heavy atom. The maximum atomic E-state index is 13.2. The lowest BCUT2D eigenvalue weighted by Gasteiger charge is -2.12. The van der Waals surface area contributed by atoms with Gasteiger partial charge in [-0.3, -0.25) is 4.98 Å². The average Bonchev–Trinajstić information content (AvgIpc) is 2.62. The Morgan fingerprint density at radius 2 is 1.64 bits per heavy atom. The Balaban J connectivity index is 1.93. The molecule has 0 aliphatic rings. The van der Waals surface area contributed by atoms with Crippen LogP contribution < -0.4 is 5.32 Å². The van der Waals surface area contributed by atoms with Crippen LogP contribution in [0, 0.1) is 0 Å². The smallest absolute Gasteiger partial charge is 0.340 e. The van der Waals surface area contributed by atoms with Crippen LogP contribution in [-0.2, 0) is 21.8 Å². The van der Waals surface area contributed by atoms with Crippen molar-refractivity contribution in [3.05, 3.63) is 66.1 Å². The van der Waals surface area contributed by atoms with Gasteiger partial charge in [-0.05, 0) is 29.8 Å². The van der Waals surface area contributed by atoms with E-state index in [1.807, 2.05) is 0 Å². The highest BCUT2D eigenvalue weighted by atomic mass is 32.2. The van der Waals surface area contributed by atoms with Gasteiger partial charge in [0.25, 0.3) is 0 Å². The normalized spacial score (nSPS) is 12.0. The first-order valence-corrected chi connectivity index (χ1v) is 10.1. The number of nitrogens with one attached hydrogen (secondary N) is 1. The van der Waals surface area contributed by atoms with Crippen molar-refractivity contribution in [2.24, 2.45) is 0 Å². The van der Waals surface area contributed by atoms with E-state index in [1.165, 1.54) is 24.5 Å². The zero-order valence-electron chi connectivity index (χ0n) is 14.6. The van der Waals surface area contributed by atoms with Crippen LogP contribution in [0.15, 0.2) is 54.9 Å². The molecule has 3 aromatic rings. The van der Waals surface area contributed by atoms with E-state index in [0.717, 1.165) is 12.3 Å². The van der Waals surface area contributed by atoms with Gasteiger partial charge >= 0.3 is 6.18 Å². The van der Waals surface area contributed by atoms with Gasteiger partial charge in [0.2, 0.25) is 0 Å². The Morgan fingerprint density at radius 3 is 2.21 bits per heavy atom. The highest BCUT2D eigenvalue weighted by molar-refractivity contribution is 7.89. The van der Waals surface area contributed by atoms with Gasteiger partial charge in [0.1, 0.15) is 5.82 Å². The Labute approximate surface area is 159 Å². The summed E-state index contributed by atoms with van der Waals surface area (Å²) in [7, 11) is -3.18. The minimum atomic E-state index is -4.64. The largest absolute Gasteiger partial charge is 0.433 e. The molecule has 0 fully saturated rings. The van der Waals surface area contributed by atoms with Crippen LogP contribution in [-0.4, -0.2) is 29.6 Å². The van der Waals surface area contributed by atoms with Crippen molar-refractivity contribution in [2.45, 2.75) is 11.9 Å². The number of alkyl halides is 3. The summed E-state index contributed by atoms with van der Waals surface area (Å²) < 4.78 is 62.4. The molecule has 3 rings (SSSR count). The van der Waals surface area contributed by atoms with Crippen molar-refractivity contribution in [1.82, 2.24) is 15.0 Å². The SMILES string of the molecule is CS(=O)(=O)Cc1ccc(Nc2cc(C(F)(F)F)nc(-c3ccncc3)n2)cc1.